The number of nitrogens with one attached hydrogen (secondary N) is 1. The molecule has 3 N–H and O–H groups in total. The Balaban J connectivity index is 2.29. The zero-order valence-electron chi connectivity index (χ0n) is 10.5. The monoisotopic (exact) mass is 321 g/mol. The molecular formula is C12H14F3N3S2. The number of aromatic nitrogens is 1. The average Bonchev–Trinajstić information content (AvgIpc) is 2.38. The molecule has 0 radical (unpaired) electrons. The number of thiocarbonyl (C=S) groups is 1. The smallest absolute Gasteiger partial charge is 0.389 e. The van der Waals surface area contributed by atoms with Crippen LogP contribution in [-0.2, 0) is 6.18 Å². The zero-order chi connectivity index (χ0) is 14.8. The van der Waals surface area contributed by atoms with Gasteiger partial charge in [-0.25, -0.2) is 4.98 Å². The summed E-state index contributed by atoms with van der Waals surface area (Å²) in [6.45, 7) is 0. The molecule has 0 spiro atoms. The highest BCUT2D eigenvalue weighted by molar-refractivity contribution is 7.99. The summed E-state index contributed by atoms with van der Waals surface area (Å²) in [6.07, 6.45) is -2.70. The van der Waals surface area contributed by atoms with Crippen LogP contribution in [0.15, 0.2) is 12.1 Å². The maximum absolute atomic E-state index is 12.7. The quantitative estimate of drug-likeness (QED) is 0.838. The highest BCUT2D eigenvalue weighted by atomic mass is 32.2. The molecule has 3 nitrogen and oxygen atoms in total. The van der Waals surface area contributed by atoms with Crippen molar-refractivity contribution in [3.63, 3.8) is 0 Å². The lowest BCUT2D eigenvalue weighted by molar-refractivity contribution is -0.141. The Labute approximate surface area is 124 Å². The summed E-state index contributed by atoms with van der Waals surface area (Å²) in [6, 6.07) is 2.29. The van der Waals surface area contributed by atoms with Gasteiger partial charge >= 0.3 is 6.18 Å². The molecule has 1 aromatic rings. The molecule has 2 heterocycles. The van der Waals surface area contributed by atoms with Gasteiger partial charge in [0, 0.05) is 6.04 Å². The van der Waals surface area contributed by atoms with Gasteiger partial charge in [0.25, 0.3) is 0 Å². The van der Waals surface area contributed by atoms with Crippen molar-refractivity contribution < 1.29 is 13.2 Å². The van der Waals surface area contributed by atoms with Crippen LogP contribution in [0.4, 0.5) is 19.0 Å². The van der Waals surface area contributed by atoms with E-state index >= 15 is 0 Å². The van der Waals surface area contributed by atoms with Gasteiger partial charge in [-0.1, -0.05) is 12.2 Å². The Hall–Kier alpha value is -1.02. The number of nitrogens with two attached hydrogens (primary N) is 1. The van der Waals surface area contributed by atoms with Crippen molar-refractivity contribution in [1.82, 2.24) is 4.98 Å². The van der Waals surface area contributed by atoms with Gasteiger partial charge in [0.05, 0.1) is 5.56 Å². The van der Waals surface area contributed by atoms with Crippen LogP contribution in [0.2, 0.25) is 0 Å². The lowest BCUT2D eigenvalue weighted by Gasteiger charge is -2.24. The number of nitrogens with zero attached hydrogens (tertiary/aromatic N) is 1. The Morgan fingerprint density at radius 1 is 1.35 bits per heavy atom. The van der Waals surface area contributed by atoms with Gasteiger partial charge < -0.3 is 11.1 Å². The molecule has 0 amide bonds. The molecule has 1 aromatic heterocycles. The molecule has 8 heteroatoms. The third kappa shape index (κ3) is 3.76. The lowest BCUT2D eigenvalue weighted by Crippen LogP contribution is -2.27. The first-order valence-corrected chi connectivity index (χ1v) is 7.66. The number of rotatable bonds is 3. The number of anilines is 1. The number of alkyl halides is 3. The molecular weight excluding hydrogens is 307 g/mol. The van der Waals surface area contributed by atoms with Crippen LogP contribution in [0.25, 0.3) is 0 Å². The number of hydrogen-bond donors (Lipinski definition) is 2. The summed E-state index contributed by atoms with van der Waals surface area (Å²) in [5.74, 6) is 2.10. The van der Waals surface area contributed by atoms with E-state index in [9.17, 15) is 13.2 Å². The van der Waals surface area contributed by atoms with Gasteiger partial charge in [0.2, 0.25) is 0 Å². The first-order valence-electron chi connectivity index (χ1n) is 6.10. The molecule has 0 saturated carbocycles. The molecule has 0 aliphatic carbocycles. The van der Waals surface area contributed by atoms with Crippen molar-refractivity contribution in [3.05, 3.63) is 23.4 Å². The van der Waals surface area contributed by atoms with E-state index in [4.69, 9.17) is 18.0 Å². The van der Waals surface area contributed by atoms with E-state index in [0.29, 0.717) is 5.56 Å². The fraction of sp³-hybridized carbons (Fsp3) is 0.500. The third-order valence-corrected chi connectivity index (χ3v) is 4.28. The first kappa shape index (κ1) is 15.4. The fourth-order valence-electron chi connectivity index (χ4n) is 1.96. The number of hydrogen-bond acceptors (Lipinski definition) is 4. The molecule has 20 heavy (non-hydrogen) atoms. The Kier molecular flexibility index (Phi) is 4.74. The van der Waals surface area contributed by atoms with Crippen molar-refractivity contribution in [3.8, 4) is 0 Å². The van der Waals surface area contributed by atoms with Crippen molar-refractivity contribution in [1.29, 1.82) is 0 Å². The average molecular weight is 321 g/mol. The van der Waals surface area contributed by atoms with Crippen LogP contribution >= 0.6 is 24.0 Å². The summed E-state index contributed by atoms with van der Waals surface area (Å²) >= 11 is 6.70. The third-order valence-electron chi connectivity index (χ3n) is 3.01. The van der Waals surface area contributed by atoms with Crippen molar-refractivity contribution in [2.45, 2.75) is 25.1 Å². The molecule has 1 aliphatic heterocycles. The van der Waals surface area contributed by atoms with Gasteiger partial charge in [-0.05, 0) is 36.5 Å². The molecule has 0 atom stereocenters. The summed E-state index contributed by atoms with van der Waals surface area (Å²) < 4.78 is 38.2. The number of thioether (sulfide) groups is 1. The van der Waals surface area contributed by atoms with Crippen LogP contribution in [-0.4, -0.2) is 27.5 Å². The summed E-state index contributed by atoms with van der Waals surface area (Å²) in [4.78, 5) is 3.69. The van der Waals surface area contributed by atoms with Crippen molar-refractivity contribution in [2.24, 2.45) is 5.73 Å². The molecule has 1 saturated heterocycles. The second-order valence-corrected chi connectivity index (χ2v) is 6.15. The normalized spacial score (nSPS) is 16.9. The van der Waals surface area contributed by atoms with E-state index in [1.165, 1.54) is 6.07 Å². The molecule has 0 bridgehead atoms. The van der Waals surface area contributed by atoms with Crippen LogP contribution in [0.1, 0.15) is 24.1 Å². The SMILES string of the molecule is NC(=S)c1ccc(C(F)(F)F)nc1NC1CCSCC1. The van der Waals surface area contributed by atoms with Gasteiger partial charge in [0.15, 0.2) is 0 Å². The maximum Gasteiger partial charge on any atom is 0.433 e. The predicted molar refractivity (Wildman–Crippen MR) is 79.1 cm³/mol. The van der Waals surface area contributed by atoms with Crippen LogP contribution in [0, 0.1) is 0 Å². The Bertz CT molecular complexity index is 499. The minimum Gasteiger partial charge on any atom is -0.389 e. The van der Waals surface area contributed by atoms with Gasteiger partial charge in [-0.3, -0.25) is 0 Å². The second kappa shape index (κ2) is 6.17. The fourth-order valence-corrected chi connectivity index (χ4v) is 3.23. The molecule has 2 rings (SSSR count). The van der Waals surface area contributed by atoms with Crippen LogP contribution < -0.4 is 11.1 Å². The highest BCUT2D eigenvalue weighted by Gasteiger charge is 2.33. The standard InChI is InChI=1S/C12H14F3N3S2/c13-12(14,15)9-2-1-8(10(16)19)11(18-9)17-7-3-5-20-6-4-7/h1-2,7H,3-6H2,(H2,16,19)(H,17,18). The zero-order valence-corrected chi connectivity index (χ0v) is 12.2. The highest BCUT2D eigenvalue weighted by Crippen LogP contribution is 2.30. The first-order chi connectivity index (χ1) is 9.38. The van der Waals surface area contributed by atoms with Gasteiger partial charge in [-0.2, -0.15) is 24.9 Å². The summed E-state index contributed by atoms with van der Waals surface area (Å²) in [7, 11) is 0. The minimum atomic E-state index is -4.48. The number of halogens is 3. The number of pyridine rings is 1. The summed E-state index contributed by atoms with van der Waals surface area (Å²) in [5, 5.41) is 3.05. The molecule has 1 fully saturated rings. The van der Waals surface area contributed by atoms with Gasteiger partial charge in [-0.15, -0.1) is 0 Å². The van der Waals surface area contributed by atoms with Crippen molar-refractivity contribution in [2.75, 3.05) is 16.8 Å². The summed E-state index contributed by atoms with van der Waals surface area (Å²) in [5.41, 5.74) is 4.96. The Morgan fingerprint density at radius 3 is 2.55 bits per heavy atom. The molecule has 110 valence electrons. The van der Waals surface area contributed by atoms with E-state index in [1.807, 2.05) is 11.8 Å². The van der Waals surface area contributed by atoms with E-state index in [-0.39, 0.29) is 16.8 Å². The largest absolute Gasteiger partial charge is 0.433 e. The maximum atomic E-state index is 12.7. The minimum absolute atomic E-state index is 0.0407. The Morgan fingerprint density at radius 2 is 2.00 bits per heavy atom. The van der Waals surface area contributed by atoms with E-state index in [2.05, 4.69) is 10.3 Å². The van der Waals surface area contributed by atoms with Crippen LogP contribution in [0.3, 0.4) is 0 Å². The molecule has 1 aliphatic rings. The second-order valence-electron chi connectivity index (χ2n) is 4.49. The predicted octanol–water partition coefficient (Wildman–Crippen LogP) is 3.04. The lowest BCUT2D eigenvalue weighted by atomic mass is 10.1. The molecule has 0 unspecified atom stereocenters. The topological polar surface area (TPSA) is 50.9 Å². The van der Waals surface area contributed by atoms with E-state index < -0.39 is 11.9 Å². The molecule has 0 aromatic carbocycles. The van der Waals surface area contributed by atoms with E-state index in [1.54, 1.807) is 0 Å². The van der Waals surface area contributed by atoms with Crippen molar-refractivity contribution >= 4 is 34.8 Å². The van der Waals surface area contributed by atoms with E-state index in [0.717, 1.165) is 30.4 Å². The van der Waals surface area contributed by atoms with Gasteiger partial charge in [0.1, 0.15) is 16.5 Å². The van der Waals surface area contributed by atoms with Crippen LogP contribution in [0.5, 0.6) is 0 Å².